The minimum Gasteiger partial charge on any atom is -0.475 e. The van der Waals surface area contributed by atoms with E-state index in [1.165, 1.54) is 0 Å². The number of benzene rings is 2. The van der Waals surface area contributed by atoms with Crippen molar-refractivity contribution in [3.05, 3.63) is 71.3 Å². The number of hydrogen-bond acceptors (Lipinski definition) is 7. The number of nitrogens with one attached hydrogen (secondary N) is 3. The third kappa shape index (κ3) is 15.9. The molecule has 0 radical (unpaired) electrons. The molecule has 0 aliphatic heterocycles. The Balaban J connectivity index is 0.00000116. The van der Waals surface area contributed by atoms with Gasteiger partial charge in [0.15, 0.2) is 5.96 Å². The highest BCUT2D eigenvalue weighted by Gasteiger charge is 2.38. The third-order valence-electron chi connectivity index (χ3n) is 8.15. The summed E-state index contributed by atoms with van der Waals surface area (Å²) in [6.45, 7) is 0.419. The van der Waals surface area contributed by atoms with Crippen molar-refractivity contribution >= 4 is 35.5 Å². The van der Waals surface area contributed by atoms with Crippen molar-refractivity contribution in [3.8, 4) is 0 Å². The van der Waals surface area contributed by atoms with Gasteiger partial charge < -0.3 is 43.4 Å². The Labute approximate surface area is 294 Å². The number of carboxylic acid groups (broad SMARTS) is 1. The van der Waals surface area contributed by atoms with Crippen LogP contribution in [0.2, 0.25) is 0 Å². The molecule has 3 rings (SSSR count). The van der Waals surface area contributed by atoms with E-state index in [0.717, 1.165) is 43.2 Å². The first kappa shape index (κ1) is 42.0. The Morgan fingerprint density at radius 2 is 1.47 bits per heavy atom. The molecule has 1 fully saturated rings. The van der Waals surface area contributed by atoms with E-state index < -0.39 is 36.0 Å². The van der Waals surface area contributed by atoms with Gasteiger partial charge in [0.05, 0.1) is 13.2 Å². The number of carbonyl (C=O) groups excluding carboxylic acids is 3. The Kier molecular flexibility index (Phi) is 17.4. The standard InChI is InChI=1S/C32H46N8O4.C2HF3O2/c33-28(34)24-15-13-21(14-16-24)18-25(23-10-5-2-6-11-23)30(42)40-27(20-44-19-22-8-3-1-4-9-22)31(43)39-26(29(35)41)12-7-17-38-32(36)37;3-2(4,5)1(6)7/h1,3-4,8-9,13-16,23,25-27H,2,5-7,10-12,17-20H2,(H3,33,34)(H2,35,41)(H,39,43)(H,40,42)(H4,36,37,38);(H,6,7)/t25-,26+,27+;/m1./s1. The van der Waals surface area contributed by atoms with Crippen molar-refractivity contribution in [2.45, 2.75) is 76.2 Å². The first-order valence-corrected chi connectivity index (χ1v) is 16.4. The molecule has 51 heavy (non-hydrogen) atoms. The number of aliphatic carboxylic acids is 1. The molecule has 0 bridgehead atoms. The van der Waals surface area contributed by atoms with Crippen molar-refractivity contribution in [3.63, 3.8) is 0 Å². The predicted octanol–water partition coefficient (Wildman–Crippen LogP) is 2.07. The molecule has 12 N–H and O–H groups in total. The van der Waals surface area contributed by atoms with Crippen LogP contribution in [-0.2, 0) is 36.9 Å². The smallest absolute Gasteiger partial charge is 0.475 e. The van der Waals surface area contributed by atoms with Gasteiger partial charge in [0, 0.05) is 18.0 Å². The maximum atomic E-state index is 13.9. The number of nitrogens with zero attached hydrogens (tertiary/aromatic N) is 1. The molecule has 0 saturated heterocycles. The Morgan fingerprint density at radius 3 is 2.00 bits per heavy atom. The van der Waals surface area contributed by atoms with Crippen LogP contribution in [0.3, 0.4) is 0 Å². The summed E-state index contributed by atoms with van der Waals surface area (Å²) < 4.78 is 37.6. The SMILES string of the molecule is N=C(N)c1ccc(C[C@@H](C(=O)N[C@@H](COCc2ccccc2)C(=O)N[C@@H](CCCN=C(N)N)C(N)=O)C2CCCCC2)cc1.O=C(O)C(F)(F)F. The molecule has 1 aliphatic carbocycles. The topological polar surface area (TPSA) is 262 Å². The van der Waals surface area contributed by atoms with Crippen molar-refractivity contribution in [2.75, 3.05) is 13.2 Å². The van der Waals surface area contributed by atoms with Crippen LogP contribution in [0.5, 0.6) is 0 Å². The highest BCUT2D eigenvalue weighted by atomic mass is 19.4. The monoisotopic (exact) mass is 720 g/mol. The van der Waals surface area contributed by atoms with Crippen LogP contribution in [0, 0.1) is 17.2 Å². The average Bonchev–Trinajstić information content (AvgIpc) is 3.08. The number of hydrogen-bond donors (Lipinski definition) is 8. The van der Waals surface area contributed by atoms with Crippen LogP contribution in [0.1, 0.15) is 61.6 Å². The lowest BCUT2D eigenvalue weighted by molar-refractivity contribution is -0.192. The van der Waals surface area contributed by atoms with Crippen LogP contribution < -0.4 is 33.6 Å². The van der Waals surface area contributed by atoms with Gasteiger partial charge in [-0.3, -0.25) is 24.8 Å². The number of aliphatic imine (C=N–C) groups is 1. The zero-order valence-corrected chi connectivity index (χ0v) is 28.2. The molecule has 2 aromatic carbocycles. The van der Waals surface area contributed by atoms with E-state index in [1.807, 2.05) is 42.5 Å². The van der Waals surface area contributed by atoms with Gasteiger partial charge in [0.1, 0.15) is 17.9 Å². The summed E-state index contributed by atoms with van der Waals surface area (Å²) in [5.41, 5.74) is 24.4. The maximum absolute atomic E-state index is 13.9. The summed E-state index contributed by atoms with van der Waals surface area (Å²) >= 11 is 0. The second-order valence-corrected chi connectivity index (χ2v) is 12.1. The van der Waals surface area contributed by atoms with E-state index in [2.05, 4.69) is 15.6 Å². The quantitative estimate of drug-likeness (QED) is 0.0675. The molecule has 1 aliphatic rings. The fourth-order valence-corrected chi connectivity index (χ4v) is 5.48. The van der Waals surface area contributed by atoms with Crippen molar-refractivity contribution < 1.29 is 42.2 Å². The average molecular weight is 721 g/mol. The number of nitrogen functional groups attached to an aromatic ring is 1. The van der Waals surface area contributed by atoms with Crippen LogP contribution >= 0.6 is 0 Å². The Morgan fingerprint density at radius 1 is 0.882 bits per heavy atom. The molecule has 0 heterocycles. The highest BCUT2D eigenvalue weighted by molar-refractivity contribution is 5.95. The van der Waals surface area contributed by atoms with E-state index in [0.29, 0.717) is 18.4 Å². The summed E-state index contributed by atoms with van der Waals surface area (Å²) in [4.78, 5) is 52.4. The predicted molar refractivity (Wildman–Crippen MR) is 184 cm³/mol. The van der Waals surface area contributed by atoms with E-state index in [9.17, 15) is 27.6 Å². The van der Waals surface area contributed by atoms with Gasteiger partial charge in [-0.25, -0.2) is 4.79 Å². The molecule has 3 atom stereocenters. The van der Waals surface area contributed by atoms with Crippen molar-refractivity contribution in [1.82, 2.24) is 10.6 Å². The normalized spacial score (nSPS) is 14.8. The van der Waals surface area contributed by atoms with Crippen LogP contribution in [0.4, 0.5) is 13.2 Å². The largest absolute Gasteiger partial charge is 0.490 e. The van der Waals surface area contributed by atoms with Crippen molar-refractivity contribution in [2.24, 2.45) is 39.8 Å². The lowest BCUT2D eigenvalue weighted by atomic mass is 9.76. The summed E-state index contributed by atoms with van der Waals surface area (Å²) in [6.07, 6.45) is 1.10. The van der Waals surface area contributed by atoms with E-state index >= 15 is 0 Å². The maximum Gasteiger partial charge on any atom is 0.490 e. The highest BCUT2D eigenvalue weighted by Crippen LogP contribution is 2.32. The summed E-state index contributed by atoms with van der Waals surface area (Å²) in [5.74, 6) is -4.59. The van der Waals surface area contributed by atoms with Crippen LogP contribution in [0.25, 0.3) is 0 Å². The van der Waals surface area contributed by atoms with E-state index in [-0.39, 0.29) is 55.7 Å². The first-order valence-electron chi connectivity index (χ1n) is 16.4. The number of halogens is 3. The summed E-state index contributed by atoms with van der Waals surface area (Å²) in [5, 5.41) is 20.4. The number of ether oxygens (including phenoxy) is 1. The van der Waals surface area contributed by atoms with E-state index in [4.69, 9.17) is 43.0 Å². The Bertz CT molecular complexity index is 1460. The fraction of sp³-hybridized carbons (Fsp3) is 0.471. The molecule has 2 aromatic rings. The lowest BCUT2D eigenvalue weighted by Gasteiger charge is -2.31. The number of carboxylic acids is 1. The molecular weight excluding hydrogens is 673 g/mol. The second kappa shape index (κ2) is 21.1. The number of alkyl halides is 3. The molecule has 1 saturated carbocycles. The van der Waals surface area contributed by atoms with Gasteiger partial charge >= 0.3 is 12.1 Å². The number of primary amides is 1. The van der Waals surface area contributed by atoms with Gasteiger partial charge in [-0.1, -0.05) is 73.9 Å². The van der Waals surface area contributed by atoms with Gasteiger partial charge in [0.2, 0.25) is 17.7 Å². The zero-order valence-electron chi connectivity index (χ0n) is 28.2. The van der Waals surface area contributed by atoms with Crippen LogP contribution in [0.15, 0.2) is 59.6 Å². The zero-order chi connectivity index (χ0) is 38.0. The minimum absolute atomic E-state index is 0.0204. The summed E-state index contributed by atoms with van der Waals surface area (Å²) in [7, 11) is 0. The molecule has 280 valence electrons. The fourth-order valence-electron chi connectivity index (χ4n) is 5.48. The second-order valence-electron chi connectivity index (χ2n) is 12.1. The summed E-state index contributed by atoms with van der Waals surface area (Å²) in [6, 6.07) is 14.8. The molecule has 3 amide bonds. The van der Waals surface area contributed by atoms with Gasteiger partial charge in [-0.2, -0.15) is 13.2 Å². The number of amides is 3. The molecule has 14 nitrogen and oxygen atoms in total. The lowest BCUT2D eigenvalue weighted by Crippen LogP contribution is -2.56. The van der Waals surface area contributed by atoms with Gasteiger partial charge in [-0.15, -0.1) is 0 Å². The number of rotatable bonds is 17. The third-order valence-corrected chi connectivity index (χ3v) is 8.15. The minimum atomic E-state index is -5.08. The van der Waals surface area contributed by atoms with Gasteiger partial charge in [-0.05, 0) is 49.1 Å². The number of carbonyl (C=O) groups is 4. The first-order chi connectivity index (χ1) is 24.1. The van der Waals surface area contributed by atoms with E-state index in [1.54, 1.807) is 12.1 Å². The Hall–Kier alpha value is -5.19. The molecular formula is C34H47F3N8O6. The molecule has 0 unspecified atom stereocenters. The van der Waals surface area contributed by atoms with Gasteiger partial charge in [0.25, 0.3) is 0 Å². The molecule has 0 spiro atoms. The number of nitrogens with two attached hydrogens (primary N) is 4. The van der Waals surface area contributed by atoms with Crippen LogP contribution in [-0.4, -0.2) is 72.0 Å². The molecule has 0 aromatic heterocycles. The van der Waals surface area contributed by atoms with Crippen molar-refractivity contribution in [1.29, 1.82) is 5.41 Å². The molecule has 17 heteroatoms. The number of guanidine groups is 1. The number of amidine groups is 1.